The van der Waals surface area contributed by atoms with Crippen LogP contribution in [-0.4, -0.2) is 23.6 Å². The van der Waals surface area contributed by atoms with Gasteiger partial charge in [-0.25, -0.2) is 0 Å². The molecule has 2 aromatic rings. The second-order valence-corrected chi connectivity index (χ2v) is 7.47. The van der Waals surface area contributed by atoms with Gasteiger partial charge < -0.3 is 10.6 Å². The van der Waals surface area contributed by atoms with Gasteiger partial charge in [0.25, 0.3) is 5.91 Å². The Labute approximate surface area is 163 Å². The Bertz CT molecular complexity index is 750. The van der Waals surface area contributed by atoms with Crippen LogP contribution in [0.1, 0.15) is 37.0 Å². The monoisotopic (exact) mass is 390 g/mol. The van der Waals surface area contributed by atoms with Crippen molar-refractivity contribution in [2.75, 3.05) is 11.9 Å². The highest BCUT2D eigenvalue weighted by Crippen LogP contribution is 2.28. The molecule has 2 aromatic carbocycles. The highest BCUT2D eigenvalue weighted by atomic mass is 35.5. The topological polar surface area (TPSA) is 58.2 Å². The smallest absolute Gasteiger partial charge is 0.253 e. The molecule has 6 heteroatoms. The molecule has 0 aliphatic rings. The number of rotatable bonds is 8. The average molecular weight is 391 g/mol. The van der Waals surface area contributed by atoms with Crippen LogP contribution in [0, 0.1) is 0 Å². The summed E-state index contributed by atoms with van der Waals surface area (Å²) in [5.41, 5.74) is 1.00. The van der Waals surface area contributed by atoms with Crippen LogP contribution in [0.4, 0.5) is 5.69 Å². The molecular weight excluding hydrogens is 368 g/mol. The molecule has 0 aromatic heterocycles. The van der Waals surface area contributed by atoms with Gasteiger partial charge in [0.15, 0.2) is 0 Å². The van der Waals surface area contributed by atoms with Crippen molar-refractivity contribution in [1.29, 1.82) is 0 Å². The molecular formula is C20H23ClN2O2S. The molecule has 0 spiro atoms. The SMILES string of the molecule is CCCNC(=O)c1ccccc1NC(=O)[C@H](CC)Sc1ccc(Cl)cc1. The molecule has 0 saturated heterocycles. The number of carbonyl (C=O) groups excluding carboxylic acids is 2. The largest absolute Gasteiger partial charge is 0.352 e. The predicted molar refractivity (Wildman–Crippen MR) is 109 cm³/mol. The Kier molecular flexibility index (Phi) is 8.01. The zero-order valence-corrected chi connectivity index (χ0v) is 16.5. The summed E-state index contributed by atoms with van der Waals surface area (Å²) in [5, 5.41) is 6.15. The fourth-order valence-electron chi connectivity index (χ4n) is 2.34. The van der Waals surface area contributed by atoms with Gasteiger partial charge in [-0.1, -0.05) is 37.6 Å². The number of para-hydroxylation sites is 1. The second-order valence-electron chi connectivity index (χ2n) is 5.76. The molecule has 0 bridgehead atoms. The Morgan fingerprint density at radius 1 is 1.08 bits per heavy atom. The van der Waals surface area contributed by atoms with E-state index in [4.69, 9.17) is 11.6 Å². The third kappa shape index (κ3) is 5.78. The molecule has 2 rings (SSSR count). The van der Waals surface area contributed by atoms with Crippen molar-refractivity contribution in [2.45, 2.75) is 36.8 Å². The summed E-state index contributed by atoms with van der Waals surface area (Å²) < 4.78 is 0. The summed E-state index contributed by atoms with van der Waals surface area (Å²) in [5.74, 6) is -0.302. The molecule has 0 saturated carbocycles. The number of benzene rings is 2. The fourth-order valence-corrected chi connectivity index (χ4v) is 3.42. The molecule has 1 atom stereocenters. The van der Waals surface area contributed by atoms with Gasteiger partial charge in [-0.15, -0.1) is 11.8 Å². The van der Waals surface area contributed by atoms with E-state index in [9.17, 15) is 9.59 Å². The third-order valence-electron chi connectivity index (χ3n) is 3.72. The lowest BCUT2D eigenvalue weighted by Crippen LogP contribution is -2.28. The number of carbonyl (C=O) groups is 2. The minimum atomic E-state index is -0.261. The highest BCUT2D eigenvalue weighted by Gasteiger charge is 2.20. The summed E-state index contributed by atoms with van der Waals surface area (Å²) in [6, 6.07) is 14.5. The molecule has 0 aliphatic carbocycles. The van der Waals surface area contributed by atoms with Crippen LogP contribution < -0.4 is 10.6 Å². The Balaban J connectivity index is 2.09. The maximum Gasteiger partial charge on any atom is 0.253 e. The van der Waals surface area contributed by atoms with Crippen LogP contribution >= 0.6 is 23.4 Å². The first-order chi connectivity index (χ1) is 12.5. The summed E-state index contributed by atoms with van der Waals surface area (Å²) in [6.45, 7) is 4.56. The van der Waals surface area contributed by atoms with Crippen LogP contribution in [0.15, 0.2) is 53.4 Å². The van der Waals surface area contributed by atoms with Crippen LogP contribution in [-0.2, 0) is 4.79 Å². The first-order valence-electron chi connectivity index (χ1n) is 8.65. The Hall–Kier alpha value is -1.98. The number of thioether (sulfide) groups is 1. The van der Waals surface area contributed by atoms with Crippen LogP contribution in [0.25, 0.3) is 0 Å². The summed E-state index contributed by atoms with van der Waals surface area (Å²) in [7, 11) is 0. The number of anilines is 1. The normalized spacial score (nSPS) is 11.7. The van der Waals surface area contributed by atoms with Gasteiger partial charge in [0.05, 0.1) is 16.5 Å². The zero-order valence-electron chi connectivity index (χ0n) is 14.9. The summed E-state index contributed by atoms with van der Waals surface area (Å²) >= 11 is 7.39. The second kappa shape index (κ2) is 10.2. The average Bonchev–Trinajstić information content (AvgIpc) is 2.66. The van der Waals surface area contributed by atoms with E-state index in [1.54, 1.807) is 24.3 Å². The zero-order chi connectivity index (χ0) is 18.9. The number of amides is 2. The molecule has 138 valence electrons. The number of hydrogen-bond donors (Lipinski definition) is 2. The van der Waals surface area contributed by atoms with Gasteiger partial charge in [-0.3, -0.25) is 9.59 Å². The molecule has 2 amide bonds. The molecule has 0 heterocycles. The van der Waals surface area contributed by atoms with Gasteiger partial charge >= 0.3 is 0 Å². The number of hydrogen-bond acceptors (Lipinski definition) is 3. The minimum Gasteiger partial charge on any atom is -0.352 e. The van der Waals surface area contributed by atoms with Crippen molar-refractivity contribution in [3.05, 3.63) is 59.1 Å². The van der Waals surface area contributed by atoms with E-state index in [-0.39, 0.29) is 17.1 Å². The lowest BCUT2D eigenvalue weighted by Gasteiger charge is -2.16. The van der Waals surface area contributed by atoms with Crippen molar-refractivity contribution >= 4 is 40.9 Å². The van der Waals surface area contributed by atoms with E-state index in [0.29, 0.717) is 29.2 Å². The summed E-state index contributed by atoms with van der Waals surface area (Å²) in [4.78, 5) is 26.0. The predicted octanol–water partition coefficient (Wildman–Crippen LogP) is 4.99. The summed E-state index contributed by atoms with van der Waals surface area (Å²) in [6.07, 6.45) is 1.53. The van der Waals surface area contributed by atoms with E-state index in [1.807, 2.05) is 38.1 Å². The van der Waals surface area contributed by atoms with E-state index in [1.165, 1.54) is 11.8 Å². The van der Waals surface area contributed by atoms with E-state index in [0.717, 1.165) is 11.3 Å². The number of nitrogens with one attached hydrogen (secondary N) is 2. The Morgan fingerprint density at radius 2 is 1.77 bits per heavy atom. The van der Waals surface area contributed by atoms with Crippen molar-refractivity contribution in [3.8, 4) is 0 Å². The first kappa shape index (κ1) is 20.3. The van der Waals surface area contributed by atoms with Crippen LogP contribution in [0.2, 0.25) is 5.02 Å². The quantitative estimate of drug-likeness (QED) is 0.624. The Morgan fingerprint density at radius 3 is 2.42 bits per heavy atom. The van der Waals surface area contributed by atoms with Crippen molar-refractivity contribution in [3.63, 3.8) is 0 Å². The maximum atomic E-state index is 12.7. The van der Waals surface area contributed by atoms with E-state index < -0.39 is 0 Å². The van der Waals surface area contributed by atoms with E-state index >= 15 is 0 Å². The standard InChI is InChI=1S/C20H23ClN2O2S/c1-3-13-22-19(24)16-7-5-6-8-17(16)23-20(25)18(4-2)26-15-11-9-14(21)10-12-15/h5-12,18H,3-4,13H2,1-2H3,(H,22,24)(H,23,25)/t18-/m0/s1. The molecule has 0 aliphatic heterocycles. The molecule has 0 fully saturated rings. The van der Waals surface area contributed by atoms with Crippen molar-refractivity contribution < 1.29 is 9.59 Å². The maximum absolute atomic E-state index is 12.7. The van der Waals surface area contributed by atoms with Crippen LogP contribution in [0.3, 0.4) is 0 Å². The highest BCUT2D eigenvalue weighted by molar-refractivity contribution is 8.00. The number of halogens is 1. The first-order valence-corrected chi connectivity index (χ1v) is 9.91. The van der Waals surface area contributed by atoms with Gasteiger partial charge in [-0.2, -0.15) is 0 Å². The van der Waals surface area contributed by atoms with Gasteiger partial charge in [0, 0.05) is 16.5 Å². The lowest BCUT2D eigenvalue weighted by atomic mass is 10.1. The van der Waals surface area contributed by atoms with Gasteiger partial charge in [-0.05, 0) is 49.2 Å². The molecule has 26 heavy (non-hydrogen) atoms. The third-order valence-corrected chi connectivity index (χ3v) is 5.35. The molecule has 0 radical (unpaired) electrons. The molecule has 4 nitrogen and oxygen atoms in total. The van der Waals surface area contributed by atoms with Crippen LogP contribution in [0.5, 0.6) is 0 Å². The molecule has 2 N–H and O–H groups in total. The minimum absolute atomic E-state index is 0.122. The van der Waals surface area contributed by atoms with Gasteiger partial charge in [0.1, 0.15) is 0 Å². The molecule has 0 unspecified atom stereocenters. The van der Waals surface area contributed by atoms with E-state index in [2.05, 4.69) is 10.6 Å². The van der Waals surface area contributed by atoms with Crippen molar-refractivity contribution in [1.82, 2.24) is 5.32 Å². The lowest BCUT2D eigenvalue weighted by molar-refractivity contribution is -0.115. The fraction of sp³-hybridized carbons (Fsp3) is 0.300. The van der Waals surface area contributed by atoms with Gasteiger partial charge in [0.2, 0.25) is 5.91 Å². The van der Waals surface area contributed by atoms with Crippen molar-refractivity contribution in [2.24, 2.45) is 0 Å².